The molecule has 3 aromatic rings. The molecule has 2 heterocycles. The number of carbonyl (C=O) groups excluding carboxylic acids is 1. The van der Waals surface area contributed by atoms with E-state index in [2.05, 4.69) is 26.0 Å². The van der Waals surface area contributed by atoms with Gasteiger partial charge in [0.1, 0.15) is 17.2 Å². The molecule has 1 aliphatic rings. The fourth-order valence-corrected chi connectivity index (χ4v) is 4.52. The number of methoxy groups -OCH3 is 1. The first-order valence-electron chi connectivity index (χ1n) is 10.9. The Kier molecular flexibility index (Phi) is 6.87. The van der Waals surface area contributed by atoms with Crippen LogP contribution in [0.4, 0.5) is 0 Å². The van der Waals surface area contributed by atoms with Crippen LogP contribution in [0, 0.1) is 13.8 Å². The lowest BCUT2D eigenvalue weighted by atomic mass is 10.1. The Balaban J connectivity index is 1.68. The molecule has 1 saturated heterocycles. The molecule has 0 saturated carbocycles. The summed E-state index contributed by atoms with van der Waals surface area (Å²) < 4.78 is 13.1. The summed E-state index contributed by atoms with van der Waals surface area (Å²) in [5.74, 6) is 1.46. The van der Waals surface area contributed by atoms with E-state index in [0.29, 0.717) is 36.0 Å². The fourth-order valence-electron chi connectivity index (χ4n) is 4.00. The molecule has 0 unspecified atom stereocenters. The van der Waals surface area contributed by atoms with Crippen LogP contribution in [0.5, 0.6) is 17.2 Å². The van der Waals surface area contributed by atoms with Crippen molar-refractivity contribution in [3.05, 3.63) is 72.5 Å². The fraction of sp³-hybridized carbons (Fsp3) is 0.333. The lowest BCUT2D eigenvalue weighted by Gasteiger charge is -2.26. The Hall–Kier alpha value is -3.40. The Bertz CT molecular complexity index is 1340. The molecule has 0 radical (unpaired) electrons. The highest BCUT2D eigenvalue weighted by atomic mass is 79.9. The van der Waals surface area contributed by atoms with Crippen LogP contribution in [-0.2, 0) is 0 Å². The van der Waals surface area contributed by atoms with Gasteiger partial charge in [-0.2, -0.15) is 9.78 Å². The number of carbonyl (C=O) groups is 1. The van der Waals surface area contributed by atoms with Crippen LogP contribution >= 0.6 is 15.9 Å². The van der Waals surface area contributed by atoms with Gasteiger partial charge in [0.15, 0.2) is 0 Å². The van der Waals surface area contributed by atoms with E-state index in [9.17, 15) is 14.4 Å². The molecule has 2 aromatic carbocycles. The number of ether oxygens (including phenoxy) is 2. The third kappa shape index (κ3) is 4.77. The van der Waals surface area contributed by atoms with E-state index in [1.54, 1.807) is 42.3 Å². The molecule has 0 aliphatic carbocycles. The maximum absolute atomic E-state index is 12.9. The minimum Gasteiger partial charge on any atom is -0.496 e. The van der Waals surface area contributed by atoms with Crippen LogP contribution < -0.4 is 20.7 Å². The number of nitrogens with zero attached hydrogens (tertiary/aromatic N) is 3. The Morgan fingerprint density at radius 3 is 2.35 bits per heavy atom. The van der Waals surface area contributed by atoms with Crippen molar-refractivity contribution in [3.63, 3.8) is 0 Å². The first kappa shape index (κ1) is 23.7. The number of H-pyrrole nitrogens is 1. The van der Waals surface area contributed by atoms with Crippen LogP contribution in [0.15, 0.2) is 44.4 Å². The molecule has 10 heteroatoms. The molecular weight excluding hydrogens is 504 g/mol. The number of amides is 1. The van der Waals surface area contributed by atoms with E-state index in [0.717, 1.165) is 39.5 Å². The molecule has 0 bridgehead atoms. The summed E-state index contributed by atoms with van der Waals surface area (Å²) in [7, 11) is 1.59. The Morgan fingerprint density at radius 2 is 1.74 bits per heavy atom. The molecule has 1 aliphatic heterocycles. The van der Waals surface area contributed by atoms with Gasteiger partial charge in [-0.15, -0.1) is 0 Å². The minimum atomic E-state index is -0.782. The summed E-state index contributed by atoms with van der Waals surface area (Å²) in [6, 6.07) is 8.84. The normalized spacial score (nSPS) is 13.6. The second-order valence-electron chi connectivity index (χ2n) is 8.18. The van der Waals surface area contributed by atoms with E-state index in [-0.39, 0.29) is 5.69 Å². The van der Waals surface area contributed by atoms with E-state index in [1.807, 2.05) is 13.8 Å². The third-order valence-corrected chi connectivity index (χ3v) is 6.33. The van der Waals surface area contributed by atoms with Crippen LogP contribution in [-0.4, -0.2) is 45.8 Å². The van der Waals surface area contributed by atoms with Crippen molar-refractivity contribution in [3.8, 4) is 22.9 Å². The number of halogens is 1. The summed E-state index contributed by atoms with van der Waals surface area (Å²) in [5.41, 5.74) is 0.144. The van der Waals surface area contributed by atoms with Gasteiger partial charge in [-0.25, -0.2) is 4.79 Å². The zero-order valence-corrected chi connectivity index (χ0v) is 20.8. The highest BCUT2D eigenvalue weighted by Crippen LogP contribution is 2.34. The maximum Gasteiger partial charge on any atom is 0.349 e. The molecule has 1 aromatic heterocycles. The van der Waals surface area contributed by atoms with Crippen molar-refractivity contribution in [2.45, 2.75) is 33.1 Å². The van der Waals surface area contributed by atoms with E-state index >= 15 is 0 Å². The molecular formula is C24H25BrN4O5. The molecule has 1 fully saturated rings. The van der Waals surface area contributed by atoms with Gasteiger partial charge in [-0.05, 0) is 90.5 Å². The molecule has 1 amide bonds. The summed E-state index contributed by atoms with van der Waals surface area (Å²) in [6.45, 7) is 4.84. The smallest absolute Gasteiger partial charge is 0.349 e. The van der Waals surface area contributed by atoms with Crippen molar-refractivity contribution in [2.75, 3.05) is 20.2 Å². The largest absolute Gasteiger partial charge is 0.496 e. The second-order valence-corrected chi connectivity index (χ2v) is 9.03. The van der Waals surface area contributed by atoms with Gasteiger partial charge in [0, 0.05) is 13.1 Å². The van der Waals surface area contributed by atoms with E-state index < -0.39 is 17.2 Å². The van der Waals surface area contributed by atoms with Gasteiger partial charge in [0.2, 0.25) is 5.69 Å². The minimum absolute atomic E-state index is 0.291. The maximum atomic E-state index is 12.9. The lowest BCUT2D eigenvalue weighted by Crippen LogP contribution is -2.42. The Morgan fingerprint density at radius 1 is 1.06 bits per heavy atom. The number of aromatic nitrogens is 3. The predicted octanol–water partition coefficient (Wildman–Crippen LogP) is 3.73. The number of aromatic amines is 1. The number of aryl methyl sites for hydroxylation is 2. The summed E-state index contributed by atoms with van der Waals surface area (Å²) in [4.78, 5) is 41.6. The first-order chi connectivity index (χ1) is 16.3. The van der Waals surface area contributed by atoms with Gasteiger partial charge in [-0.3, -0.25) is 14.6 Å². The van der Waals surface area contributed by atoms with Crippen LogP contribution in [0.2, 0.25) is 0 Å². The number of hydrogen-bond acceptors (Lipinski definition) is 6. The zero-order chi connectivity index (χ0) is 24.4. The zero-order valence-electron chi connectivity index (χ0n) is 19.2. The molecule has 1 N–H and O–H groups in total. The van der Waals surface area contributed by atoms with Crippen LogP contribution in [0.25, 0.3) is 5.69 Å². The molecule has 9 nitrogen and oxygen atoms in total. The van der Waals surface area contributed by atoms with Crippen LogP contribution in [0.1, 0.15) is 40.9 Å². The number of piperidine rings is 1. The standard InChI is InChI=1S/C24H25BrN4O5/c1-14-11-16(12-15(2)21(14)34-17-7-8-19(33-3)18(25)13-17)29-24(32)26-22(30)20(27-29)23(31)28-9-5-4-6-10-28/h7-8,11-13H,4-6,9-10H2,1-3H3,(H,26,30,32). The lowest BCUT2D eigenvalue weighted by molar-refractivity contribution is 0.0714. The highest BCUT2D eigenvalue weighted by Gasteiger charge is 2.24. The third-order valence-electron chi connectivity index (χ3n) is 5.71. The molecule has 0 atom stereocenters. The summed E-state index contributed by atoms with van der Waals surface area (Å²) >= 11 is 3.45. The number of benzene rings is 2. The van der Waals surface area contributed by atoms with E-state index in [4.69, 9.17) is 9.47 Å². The van der Waals surface area contributed by atoms with Gasteiger partial charge >= 0.3 is 5.69 Å². The topological polar surface area (TPSA) is 107 Å². The molecule has 4 rings (SSSR count). The van der Waals surface area contributed by atoms with Crippen molar-refractivity contribution >= 4 is 21.8 Å². The second kappa shape index (κ2) is 9.84. The predicted molar refractivity (Wildman–Crippen MR) is 130 cm³/mol. The average molecular weight is 529 g/mol. The van der Waals surface area contributed by atoms with Gasteiger partial charge in [-0.1, -0.05) is 0 Å². The number of likely N-dealkylation sites (tertiary alicyclic amines) is 1. The molecule has 34 heavy (non-hydrogen) atoms. The van der Waals surface area contributed by atoms with E-state index in [1.165, 1.54) is 0 Å². The number of hydrogen-bond donors (Lipinski definition) is 1. The molecule has 0 spiro atoms. The Labute approximate surface area is 204 Å². The highest BCUT2D eigenvalue weighted by molar-refractivity contribution is 9.10. The van der Waals surface area contributed by atoms with Gasteiger partial charge < -0.3 is 14.4 Å². The van der Waals surface area contributed by atoms with Crippen molar-refractivity contribution < 1.29 is 14.3 Å². The number of rotatable bonds is 5. The van der Waals surface area contributed by atoms with Crippen molar-refractivity contribution in [1.29, 1.82) is 0 Å². The van der Waals surface area contributed by atoms with Gasteiger partial charge in [0.05, 0.1) is 17.3 Å². The SMILES string of the molecule is COc1ccc(Oc2c(C)cc(-n3nc(C(=O)N4CCCCC4)c(=O)[nH]c3=O)cc2C)cc1Br. The van der Waals surface area contributed by atoms with Crippen molar-refractivity contribution in [2.24, 2.45) is 0 Å². The average Bonchev–Trinajstić information content (AvgIpc) is 2.81. The van der Waals surface area contributed by atoms with Crippen LogP contribution in [0.3, 0.4) is 0 Å². The first-order valence-corrected chi connectivity index (χ1v) is 11.7. The monoisotopic (exact) mass is 528 g/mol. The quantitative estimate of drug-likeness (QED) is 0.540. The number of nitrogens with one attached hydrogen (secondary N) is 1. The summed E-state index contributed by atoms with van der Waals surface area (Å²) in [6.07, 6.45) is 2.81. The summed E-state index contributed by atoms with van der Waals surface area (Å²) in [5, 5.41) is 4.15. The van der Waals surface area contributed by atoms with Crippen molar-refractivity contribution in [1.82, 2.24) is 19.7 Å². The van der Waals surface area contributed by atoms with Gasteiger partial charge in [0.25, 0.3) is 11.5 Å². The molecule has 178 valence electrons.